The molecule has 0 saturated carbocycles. The number of carbonyl (C=O) groups is 1. The Morgan fingerprint density at radius 3 is 2.50 bits per heavy atom. The lowest BCUT2D eigenvalue weighted by atomic mass is 10.2. The molecule has 1 saturated heterocycles. The summed E-state index contributed by atoms with van der Waals surface area (Å²) in [7, 11) is -3.58. The molecule has 0 amide bonds. The molecule has 0 aromatic carbocycles. The van der Waals surface area contributed by atoms with E-state index in [9.17, 15) is 13.2 Å². The highest BCUT2D eigenvalue weighted by Gasteiger charge is 2.23. The summed E-state index contributed by atoms with van der Waals surface area (Å²) in [6.07, 6.45) is -0.160. The maximum absolute atomic E-state index is 11.2. The van der Waals surface area contributed by atoms with Crippen molar-refractivity contribution in [1.82, 2.24) is 0 Å². The second-order valence-corrected chi connectivity index (χ2v) is 4.99. The summed E-state index contributed by atoms with van der Waals surface area (Å²) in [5, 5.41) is 14.0. The van der Waals surface area contributed by atoms with E-state index in [1.54, 1.807) is 0 Å². The minimum absolute atomic E-state index is 0.0586. The van der Waals surface area contributed by atoms with Gasteiger partial charge in [-0.1, -0.05) is 0 Å². The number of carbonyl (C=O) groups excluding carboxylic acids is 1. The van der Waals surface area contributed by atoms with Crippen LogP contribution in [-0.2, 0) is 19.4 Å². The number of rotatable bonds is 0. The standard InChI is InChI=1S/C7H10N2O4S/c8-5-1-2-6(9)14(11,12)4-3-13-7(5)10/h8-9H,1-4H2. The summed E-state index contributed by atoms with van der Waals surface area (Å²) in [5.74, 6) is -1.17. The van der Waals surface area contributed by atoms with E-state index in [1.165, 1.54) is 0 Å². The van der Waals surface area contributed by atoms with Crippen molar-refractivity contribution < 1.29 is 17.9 Å². The van der Waals surface area contributed by atoms with E-state index in [1.807, 2.05) is 0 Å². The van der Waals surface area contributed by atoms with Gasteiger partial charge in [0.05, 0.1) is 5.75 Å². The zero-order valence-corrected chi connectivity index (χ0v) is 8.19. The molecule has 0 aliphatic carbocycles. The minimum atomic E-state index is -3.58. The van der Waals surface area contributed by atoms with Crippen LogP contribution in [0, 0.1) is 10.8 Å². The molecule has 1 fully saturated rings. The Hall–Kier alpha value is -1.24. The number of cyclic esters (lactones) is 1. The summed E-state index contributed by atoms with van der Waals surface area (Å²) in [6.45, 7) is -0.286. The van der Waals surface area contributed by atoms with Crippen molar-refractivity contribution in [2.45, 2.75) is 12.8 Å². The smallest absolute Gasteiger partial charge is 0.351 e. The fourth-order valence-electron chi connectivity index (χ4n) is 0.950. The van der Waals surface area contributed by atoms with Crippen molar-refractivity contribution in [3.05, 3.63) is 0 Å². The molecule has 0 aromatic rings. The SMILES string of the molecule is N=C1CCC(=N)S(=O)(=O)CCOC1=O. The van der Waals surface area contributed by atoms with Gasteiger partial charge in [-0.2, -0.15) is 0 Å². The van der Waals surface area contributed by atoms with Crippen molar-refractivity contribution >= 4 is 26.6 Å². The molecule has 0 atom stereocenters. The molecule has 14 heavy (non-hydrogen) atoms. The Kier molecular flexibility index (Phi) is 3.00. The third-order valence-corrected chi connectivity index (χ3v) is 3.47. The second kappa shape index (κ2) is 3.87. The average Bonchev–Trinajstić information content (AvgIpc) is 2.14. The van der Waals surface area contributed by atoms with Gasteiger partial charge in [-0.25, -0.2) is 13.2 Å². The van der Waals surface area contributed by atoms with Crippen molar-refractivity contribution in [1.29, 1.82) is 10.8 Å². The summed E-state index contributed by atoms with van der Waals surface area (Å²) in [4.78, 5) is 10.9. The van der Waals surface area contributed by atoms with Gasteiger partial charge in [0.2, 0.25) is 0 Å². The molecule has 78 valence electrons. The van der Waals surface area contributed by atoms with Crippen LogP contribution in [0.15, 0.2) is 0 Å². The number of nitrogens with one attached hydrogen (secondary N) is 2. The van der Waals surface area contributed by atoms with Gasteiger partial charge in [-0.3, -0.25) is 10.8 Å². The van der Waals surface area contributed by atoms with Crippen molar-refractivity contribution in [2.75, 3.05) is 12.4 Å². The van der Waals surface area contributed by atoms with Gasteiger partial charge in [0.15, 0.2) is 9.84 Å². The molecule has 0 radical (unpaired) electrons. The van der Waals surface area contributed by atoms with Crippen LogP contribution in [0.3, 0.4) is 0 Å². The molecule has 1 aliphatic heterocycles. The molecule has 0 bridgehead atoms. The molecule has 2 N–H and O–H groups in total. The molecule has 0 aromatic heterocycles. The number of hydrogen-bond donors (Lipinski definition) is 2. The van der Waals surface area contributed by atoms with Crippen LogP contribution in [0.25, 0.3) is 0 Å². The van der Waals surface area contributed by atoms with Crippen molar-refractivity contribution in [3.63, 3.8) is 0 Å². The topological polar surface area (TPSA) is 108 Å². The highest BCUT2D eigenvalue weighted by Crippen LogP contribution is 2.06. The maximum Gasteiger partial charge on any atom is 0.351 e. The highest BCUT2D eigenvalue weighted by atomic mass is 32.2. The van der Waals surface area contributed by atoms with E-state index in [-0.39, 0.29) is 30.9 Å². The fraction of sp³-hybridized carbons (Fsp3) is 0.571. The Labute approximate surface area is 81.2 Å². The molecule has 1 aliphatic rings. The molecular weight excluding hydrogens is 208 g/mol. The largest absolute Gasteiger partial charge is 0.460 e. The Morgan fingerprint density at radius 2 is 1.86 bits per heavy atom. The predicted molar refractivity (Wildman–Crippen MR) is 49.4 cm³/mol. The van der Waals surface area contributed by atoms with E-state index in [2.05, 4.69) is 4.74 Å². The fourth-order valence-corrected chi connectivity index (χ4v) is 1.91. The Balaban J connectivity index is 2.86. The van der Waals surface area contributed by atoms with E-state index in [4.69, 9.17) is 10.8 Å². The monoisotopic (exact) mass is 218 g/mol. The number of ether oxygens (including phenoxy) is 1. The molecule has 6 nitrogen and oxygen atoms in total. The van der Waals surface area contributed by atoms with Gasteiger partial charge in [0.1, 0.15) is 17.4 Å². The van der Waals surface area contributed by atoms with Crippen LogP contribution in [0.2, 0.25) is 0 Å². The average molecular weight is 218 g/mol. The van der Waals surface area contributed by atoms with Crippen molar-refractivity contribution in [2.24, 2.45) is 0 Å². The normalized spacial score (nSPS) is 23.3. The highest BCUT2D eigenvalue weighted by molar-refractivity contribution is 8.06. The molecule has 0 spiro atoms. The summed E-state index contributed by atoms with van der Waals surface area (Å²) < 4.78 is 27.0. The first-order valence-corrected chi connectivity index (χ1v) is 5.63. The third kappa shape index (κ3) is 2.38. The first kappa shape index (κ1) is 10.8. The molecule has 0 unspecified atom stereocenters. The molecule has 1 rings (SSSR count). The van der Waals surface area contributed by atoms with Crippen LogP contribution < -0.4 is 0 Å². The van der Waals surface area contributed by atoms with Crippen LogP contribution in [0.5, 0.6) is 0 Å². The summed E-state index contributed by atoms with van der Waals surface area (Å²) in [6, 6.07) is 0. The molecule has 7 heteroatoms. The number of sulfone groups is 1. The van der Waals surface area contributed by atoms with Gasteiger partial charge in [-0.05, 0) is 0 Å². The van der Waals surface area contributed by atoms with Gasteiger partial charge in [-0.15, -0.1) is 0 Å². The summed E-state index contributed by atoms with van der Waals surface area (Å²) in [5.41, 5.74) is -0.285. The molecular formula is C7H10N2O4S. The van der Waals surface area contributed by atoms with Crippen molar-refractivity contribution in [3.8, 4) is 0 Å². The first-order valence-electron chi connectivity index (χ1n) is 3.98. The summed E-state index contributed by atoms with van der Waals surface area (Å²) >= 11 is 0. The van der Waals surface area contributed by atoms with Crippen LogP contribution in [0.1, 0.15) is 12.8 Å². The first-order chi connectivity index (χ1) is 6.43. The number of hydrogen-bond acceptors (Lipinski definition) is 6. The van der Waals surface area contributed by atoms with Crippen LogP contribution >= 0.6 is 0 Å². The maximum atomic E-state index is 11.2. The Bertz CT molecular complexity index is 384. The third-order valence-electron chi connectivity index (χ3n) is 1.81. The minimum Gasteiger partial charge on any atom is -0.460 e. The van der Waals surface area contributed by atoms with Crippen LogP contribution in [-0.4, -0.2) is 37.5 Å². The number of esters is 1. The Morgan fingerprint density at radius 1 is 1.21 bits per heavy atom. The van der Waals surface area contributed by atoms with Gasteiger partial charge in [0.25, 0.3) is 0 Å². The van der Waals surface area contributed by atoms with E-state index < -0.39 is 20.9 Å². The quantitative estimate of drug-likeness (QED) is 0.546. The van der Waals surface area contributed by atoms with E-state index in [0.29, 0.717) is 0 Å². The predicted octanol–water partition coefficient (Wildman–Crippen LogP) is -0.265. The lowest BCUT2D eigenvalue weighted by Crippen LogP contribution is -2.20. The van der Waals surface area contributed by atoms with Gasteiger partial charge >= 0.3 is 5.97 Å². The zero-order valence-electron chi connectivity index (χ0n) is 7.37. The molecule has 1 heterocycles. The second-order valence-electron chi connectivity index (χ2n) is 2.86. The van der Waals surface area contributed by atoms with Gasteiger partial charge < -0.3 is 4.74 Å². The van der Waals surface area contributed by atoms with Gasteiger partial charge in [0, 0.05) is 12.8 Å². The lowest BCUT2D eigenvalue weighted by Gasteiger charge is -2.01. The van der Waals surface area contributed by atoms with E-state index >= 15 is 0 Å². The zero-order chi connectivity index (χ0) is 10.8. The van der Waals surface area contributed by atoms with E-state index in [0.717, 1.165) is 0 Å². The lowest BCUT2D eigenvalue weighted by molar-refractivity contribution is -0.135. The van der Waals surface area contributed by atoms with Crippen LogP contribution in [0.4, 0.5) is 0 Å².